The van der Waals surface area contributed by atoms with E-state index < -0.39 is 30.3 Å². The third kappa shape index (κ3) is 3.44. The average molecular weight is 262 g/mol. The van der Waals surface area contributed by atoms with Crippen molar-refractivity contribution in [2.24, 2.45) is 5.73 Å². The maximum absolute atomic E-state index is 12.8. The molecular formula is C11H13F3N2O2. The van der Waals surface area contributed by atoms with Crippen molar-refractivity contribution in [2.75, 3.05) is 5.32 Å². The number of nitrogens with two attached hydrogens (primary N) is 1. The summed E-state index contributed by atoms with van der Waals surface area (Å²) >= 11 is 0. The summed E-state index contributed by atoms with van der Waals surface area (Å²) in [5, 5.41) is 10.9. The zero-order valence-corrected chi connectivity index (χ0v) is 9.58. The van der Waals surface area contributed by atoms with Crippen LogP contribution in [0.15, 0.2) is 18.2 Å². The molecule has 0 fully saturated rings. The summed E-state index contributed by atoms with van der Waals surface area (Å²) < 4.78 is 38.3. The quantitative estimate of drug-likeness (QED) is 0.772. The Balaban J connectivity index is 3.15. The second-order valence-corrected chi connectivity index (χ2v) is 3.81. The predicted octanol–water partition coefficient (Wildman–Crippen LogP) is 1.48. The van der Waals surface area contributed by atoms with Gasteiger partial charge >= 0.3 is 6.18 Å². The SMILES string of the molecule is C[C@H](N)C(=O)Nc1ccc(CO)cc1C(F)(F)F. The molecule has 1 atom stereocenters. The Morgan fingerprint density at radius 1 is 1.50 bits per heavy atom. The number of nitrogens with one attached hydrogen (secondary N) is 1. The summed E-state index contributed by atoms with van der Waals surface area (Å²) in [6.07, 6.45) is -4.62. The van der Waals surface area contributed by atoms with Crippen LogP contribution in [0.2, 0.25) is 0 Å². The minimum absolute atomic E-state index is 0.112. The van der Waals surface area contributed by atoms with E-state index in [9.17, 15) is 18.0 Å². The van der Waals surface area contributed by atoms with Crippen molar-refractivity contribution in [3.05, 3.63) is 29.3 Å². The number of carbonyl (C=O) groups excluding carboxylic acids is 1. The standard InChI is InChI=1S/C11H13F3N2O2/c1-6(15)10(18)16-9-3-2-7(5-17)4-8(9)11(12,13)14/h2-4,6,17H,5,15H2,1H3,(H,16,18)/t6-/m0/s1. The number of aliphatic hydroxyl groups excluding tert-OH is 1. The molecule has 18 heavy (non-hydrogen) atoms. The third-order valence-electron chi connectivity index (χ3n) is 2.24. The van der Waals surface area contributed by atoms with Crippen molar-refractivity contribution >= 4 is 11.6 Å². The number of carbonyl (C=O) groups is 1. The maximum atomic E-state index is 12.8. The summed E-state index contributed by atoms with van der Waals surface area (Å²) in [5.41, 5.74) is 3.99. The molecular weight excluding hydrogens is 249 g/mol. The number of amides is 1. The van der Waals surface area contributed by atoms with Crippen LogP contribution in [-0.2, 0) is 17.6 Å². The van der Waals surface area contributed by atoms with Gasteiger partial charge in [0.05, 0.1) is 23.9 Å². The monoisotopic (exact) mass is 262 g/mol. The van der Waals surface area contributed by atoms with Crippen LogP contribution in [0.3, 0.4) is 0 Å². The molecule has 7 heteroatoms. The lowest BCUT2D eigenvalue weighted by atomic mass is 10.1. The van der Waals surface area contributed by atoms with Crippen LogP contribution in [-0.4, -0.2) is 17.1 Å². The van der Waals surface area contributed by atoms with E-state index in [0.717, 1.165) is 12.1 Å². The highest BCUT2D eigenvalue weighted by Gasteiger charge is 2.34. The molecule has 4 N–H and O–H groups in total. The van der Waals surface area contributed by atoms with Gasteiger partial charge in [0.2, 0.25) is 5.91 Å². The number of alkyl halides is 3. The van der Waals surface area contributed by atoms with E-state index in [2.05, 4.69) is 5.32 Å². The van der Waals surface area contributed by atoms with Gasteiger partial charge in [-0.2, -0.15) is 13.2 Å². The number of hydrogen-bond acceptors (Lipinski definition) is 3. The third-order valence-corrected chi connectivity index (χ3v) is 2.24. The van der Waals surface area contributed by atoms with E-state index in [1.807, 2.05) is 0 Å². The van der Waals surface area contributed by atoms with E-state index in [-0.39, 0.29) is 11.3 Å². The molecule has 0 aliphatic rings. The summed E-state index contributed by atoms with van der Waals surface area (Å²) in [4.78, 5) is 11.3. The summed E-state index contributed by atoms with van der Waals surface area (Å²) in [5.74, 6) is -0.711. The average Bonchev–Trinajstić information content (AvgIpc) is 2.27. The largest absolute Gasteiger partial charge is 0.418 e. The van der Waals surface area contributed by atoms with Gasteiger partial charge in [0.15, 0.2) is 0 Å². The van der Waals surface area contributed by atoms with Crippen molar-refractivity contribution in [2.45, 2.75) is 25.7 Å². The molecule has 1 amide bonds. The van der Waals surface area contributed by atoms with Gasteiger partial charge in [0, 0.05) is 0 Å². The fourth-order valence-electron chi connectivity index (χ4n) is 1.28. The number of hydrogen-bond donors (Lipinski definition) is 3. The molecule has 0 bridgehead atoms. The van der Waals surface area contributed by atoms with Crippen LogP contribution in [0.4, 0.5) is 18.9 Å². The molecule has 0 aromatic heterocycles. The van der Waals surface area contributed by atoms with Gasteiger partial charge in [0.1, 0.15) is 0 Å². The van der Waals surface area contributed by atoms with Gasteiger partial charge in [0.25, 0.3) is 0 Å². The van der Waals surface area contributed by atoms with Gasteiger partial charge in [-0.05, 0) is 24.6 Å². The summed E-state index contributed by atoms with van der Waals surface area (Å²) in [7, 11) is 0. The normalized spacial score (nSPS) is 13.2. The number of halogens is 3. The van der Waals surface area contributed by atoms with Crippen molar-refractivity contribution in [1.82, 2.24) is 0 Å². The number of anilines is 1. The Kier molecular flexibility index (Phi) is 4.31. The molecule has 100 valence electrons. The smallest absolute Gasteiger partial charge is 0.392 e. The fourth-order valence-corrected chi connectivity index (χ4v) is 1.28. The van der Waals surface area contributed by atoms with E-state index in [1.54, 1.807) is 0 Å². The first-order valence-electron chi connectivity index (χ1n) is 5.13. The zero-order chi connectivity index (χ0) is 13.9. The van der Waals surface area contributed by atoms with E-state index in [0.29, 0.717) is 0 Å². The highest BCUT2D eigenvalue weighted by Crippen LogP contribution is 2.35. The fraction of sp³-hybridized carbons (Fsp3) is 0.364. The van der Waals surface area contributed by atoms with Gasteiger partial charge in [-0.1, -0.05) is 6.07 Å². The molecule has 1 rings (SSSR count). The molecule has 0 spiro atoms. The zero-order valence-electron chi connectivity index (χ0n) is 9.58. The molecule has 0 radical (unpaired) electrons. The van der Waals surface area contributed by atoms with Gasteiger partial charge in [-0.25, -0.2) is 0 Å². The van der Waals surface area contributed by atoms with E-state index in [1.165, 1.54) is 13.0 Å². The number of rotatable bonds is 3. The van der Waals surface area contributed by atoms with Crippen LogP contribution in [0.1, 0.15) is 18.1 Å². The van der Waals surface area contributed by atoms with Crippen LogP contribution in [0.25, 0.3) is 0 Å². The lowest BCUT2D eigenvalue weighted by Crippen LogP contribution is -2.33. The Morgan fingerprint density at radius 2 is 2.11 bits per heavy atom. The van der Waals surface area contributed by atoms with Crippen LogP contribution in [0.5, 0.6) is 0 Å². The molecule has 0 unspecified atom stereocenters. The Labute approximate surface area is 102 Å². The molecule has 0 aliphatic carbocycles. The Hall–Kier alpha value is -1.60. The highest BCUT2D eigenvalue weighted by atomic mass is 19.4. The highest BCUT2D eigenvalue weighted by molar-refractivity contribution is 5.95. The second-order valence-electron chi connectivity index (χ2n) is 3.81. The first-order valence-corrected chi connectivity index (χ1v) is 5.13. The summed E-state index contributed by atoms with van der Waals surface area (Å²) in [6.45, 7) is 0.856. The molecule has 0 saturated heterocycles. The first-order chi connectivity index (χ1) is 8.25. The molecule has 0 aliphatic heterocycles. The first kappa shape index (κ1) is 14.5. The summed E-state index contributed by atoms with van der Waals surface area (Å²) in [6, 6.07) is 2.26. The van der Waals surface area contributed by atoms with Gasteiger partial charge < -0.3 is 16.2 Å². The van der Waals surface area contributed by atoms with Crippen LogP contribution < -0.4 is 11.1 Å². The van der Waals surface area contributed by atoms with Crippen LogP contribution >= 0.6 is 0 Å². The van der Waals surface area contributed by atoms with E-state index in [4.69, 9.17) is 10.8 Å². The van der Waals surface area contributed by atoms with Crippen molar-refractivity contribution in [3.8, 4) is 0 Å². The van der Waals surface area contributed by atoms with E-state index >= 15 is 0 Å². The Bertz CT molecular complexity index is 444. The van der Waals surface area contributed by atoms with Crippen molar-refractivity contribution < 1.29 is 23.1 Å². The number of aliphatic hydroxyl groups is 1. The lowest BCUT2D eigenvalue weighted by molar-refractivity contribution is -0.137. The molecule has 0 saturated carbocycles. The topological polar surface area (TPSA) is 75.4 Å². The Morgan fingerprint density at radius 3 is 2.56 bits per heavy atom. The molecule has 1 aromatic rings. The molecule has 0 heterocycles. The molecule has 4 nitrogen and oxygen atoms in total. The number of benzene rings is 1. The minimum atomic E-state index is -4.62. The molecule has 1 aromatic carbocycles. The second kappa shape index (κ2) is 5.36. The van der Waals surface area contributed by atoms with Gasteiger partial charge in [-0.15, -0.1) is 0 Å². The minimum Gasteiger partial charge on any atom is -0.392 e. The van der Waals surface area contributed by atoms with Crippen LogP contribution in [0, 0.1) is 0 Å². The van der Waals surface area contributed by atoms with Gasteiger partial charge in [-0.3, -0.25) is 4.79 Å². The predicted molar refractivity (Wildman–Crippen MR) is 59.6 cm³/mol. The van der Waals surface area contributed by atoms with Crippen molar-refractivity contribution in [3.63, 3.8) is 0 Å². The van der Waals surface area contributed by atoms with Crippen molar-refractivity contribution in [1.29, 1.82) is 0 Å². The maximum Gasteiger partial charge on any atom is 0.418 e. The lowest BCUT2D eigenvalue weighted by Gasteiger charge is -2.15.